The van der Waals surface area contributed by atoms with E-state index in [0.717, 1.165) is 18.7 Å². The molecule has 5 nitrogen and oxygen atoms in total. The monoisotopic (exact) mass is 197 g/mol. The predicted octanol–water partition coefficient (Wildman–Crippen LogP) is 0.290. The lowest BCUT2D eigenvalue weighted by Crippen LogP contribution is -2.20. The van der Waals surface area contributed by atoms with Crippen LogP contribution in [0.3, 0.4) is 0 Å². The molecule has 78 valence electrons. The maximum absolute atomic E-state index is 10.8. The first-order valence-corrected chi connectivity index (χ1v) is 4.64. The number of hydrogen-bond donors (Lipinski definition) is 2. The van der Waals surface area contributed by atoms with Crippen LogP contribution in [-0.4, -0.2) is 24.7 Å². The Labute approximate surface area is 82.8 Å². The molecule has 0 bridgehead atoms. The van der Waals surface area contributed by atoms with Gasteiger partial charge in [-0.1, -0.05) is 5.16 Å². The van der Waals surface area contributed by atoms with Gasteiger partial charge in [0.25, 0.3) is 0 Å². The Hall–Kier alpha value is -1.36. The van der Waals surface area contributed by atoms with Crippen molar-refractivity contribution in [3.63, 3.8) is 0 Å². The van der Waals surface area contributed by atoms with Gasteiger partial charge < -0.3 is 15.2 Å². The molecule has 0 spiro atoms. The maximum Gasteiger partial charge on any atom is 0.219 e. The Balaban J connectivity index is 1.97. The van der Waals surface area contributed by atoms with E-state index in [1.165, 1.54) is 0 Å². The van der Waals surface area contributed by atoms with Crippen molar-refractivity contribution in [2.75, 3.05) is 13.6 Å². The normalized spacial score (nSPS) is 10.1. The number of carbonyl (C=O) groups is 1. The van der Waals surface area contributed by atoms with Crippen molar-refractivity contribution in [1.82, 2.24) is 15.8 Å². The van der Waals surface area contributed by atoms with Gasteiger partial charge >= 0.3 is 0 Å². The lowest BCUT2D eigenvalue weighted by atomic mass is 10.3. The number of amides is 1. The fourth-order valence-electron chi connectivity index (χ4n) is 1.04. The summed E-state index contributed by atoms with van der Waals surface area (Å²) >= 11 is 0. The number of carbonyl (C=O) groups excluding carboxylic acids is 1. The highest BCUT2D eigenvalue weighted by Gasteiger charge is 1.98. The third-order valence-corrected chi connectivity index (χ3v) is 1.83. The topological polar surface area (TPSA) is 67.2 Å². The van der Waals surface area contributed by atoms with Gasteiger partial charge in [-0.15, -0.1) is 0 Å². The summed E-state index contributed by atoms with van der Waals surface area (Å²) in [6, 6.07) is 1.81. The number of aromatic nitrogens is 1. The van der Waals surface area contributed by atoms with Gasteiger partial charge in [0, 0.05) is 19.5 Å². The fourth-order valence-corrected chi connectivity index (χ4v) is 1.04. The number of nitrogens with one attached hydrogen (secondary N) is 2. The lowest BCUT2D eigenvalue weighted by Gasteiger charge is -2.01. The van der Waals surface area contributed by atoms with Gasteiger partial charge in [-0.25, -0.2) is 0 Å². The van der Waals surface area contributed by atoms with Crippen LogP contribution in [0.15, 0.2) is 16.8 Å². The predicted molar refractivity (Wildman–Crippen MR) is 51.5 cm³/mol. The Morgan fingerprint density at radius 1 is 1.64 bits per heavy atom. The van der Waals surface area contributed by atoms with Crippen molar-refractivity contribution < 1.29 is 9.32 Å². The minimum absolute atomic E-state index is 0.0754. The van der Waals surface area contributed by atoms with E-state index in [9.17, 15) is 4.79 Å². The molecule has 0 aromatic carbocycles. The highest BCUT2D eigenvalue weighted by Crippen LogP contribution is 1.95. The first-order chi connectivity index (χ1) is 6.83. The van der Waals surface area contributed by atoms with E-state index >= 15 is 0 Å². The summed E-state index contributed by atoms with van der Waals surface area (Å²) in [5.41, 5.74) is 0. The molecule has 5 heteroatoms. The minimum Gasteiger partial charge on any atom is -0.360 e. The van der Waals surface area contributed by atoms with Gasteiger partial charge in [0.05, 0.1) is 12.7 Å². The molecule has 0 atom stereocenters. The van der Waals surface area contributed by atoms with Gasteiger partial charge in [-0.3, -0.25) is 4.79 Å². The number of hydrogen-bond acceptors (Lipinski definition) is 4. The van der Waals surface area contributed by atoms with E-state index in [4.69, 9.17) is 4.52 Å². The van der Waals surface area contributed by atoms with Gasteiger partial charge in [0.1, 0.15) is 5.76 Å². The van der Waals surface area contributed by atoms with Crippen LogP contribution < -0.4 is 10.6 Å². The van der Waals surface area contributed by atoms with E-state index in [1.807, 2.05) is 6.07 Å². The minimum atomic E-state index is 0.0754. The maximum atomic E-state index is 10.8. The van der Waals surface area contributed by atoms with E-state index < -0.39 is 0 Å². The molecule has 1 rings (SSSR count). The summed E-state index contributed by atoms with van der Waals surface area (Å²) < 4.78 is 4.89. The molecule has 0 radical (unpaired) electrons. The Kier molecular flexibility index (Phi) is 4.71. The van der Waals surface area contributed by atoms with Gasteiger partial charge in [0.15, 0.2) is 0 Å². The average Bonchev–Trinajstić information content (AvgIpc) is 2.69. The standard InChI is InChI=1S/C9H15N3O2/c1-10-9(13)3-2-5-11-7-8-4-6-12-14-8/h4,6,11H,2-3,5,7H2,1H3,(H,10,13). The first-order valence-electron chi connectivity index (χ1n) is 4.64. The SMILES string of the molecule is CNC(=O)CCCNCc1ccno1. The summed E-state index contributed by atoms with van der Waals surface area (Å²) in [7, 11) is 1.64. The van der Waals surface area contributed by atoms with Crippen LogP contribution in [0.4, 0.5) is 0 Å². The molecule has 0 saturated heterocycles. The van der Waals surface area contributed by atoms with Crippen LogP contribution in [0.1, 0.15) is 18.6 Å². The molecule has 1 aromatic rings. The average molecular weight is 197 g/mol. The van der Waals surface area contributed by atoms with Crippen LogP contribution in [0.25, 0.3) is 0 Å². The largest absolute Gasteiger partial charge is 0.360 e. The molecule has 1 amide bonds. The van der Waals surface area contributed by atoms with E-state index in [2.05, 4.69) is 15.8 Å². The highest BCUT2D eigenvalue weighted by atomic mass is 16.5. The molecule has 0 fully saturated rings. The molecule has 2 N–H and O–H groups in total. The van der Waals surface area contributed by atoms with Crippen molar-refractivity contribution in [1.29, 1.82) is 0 Å². The van der Waals surface area contributed by atoms with Crippen LogP contribution in [-0.2, 0) is 11.3 Å². The lowest BCUT2D eigenvalue weighted by molar-refractivity contribution is -0.120. The second-order valence-corrected chi connectivity index (χ2v) is 2.93. The highest BCUT2D eigenvalue weighted by molar-refractivity contribution is 5.75. The Morgan fingerprint density at radius 3 is 3.14 bits per heavy atom. The first kappa shape index (κ1) is 10.7. The molecular formula is C9H15N3O2. The van der Waals surface area contributed by atoms with Gasteiger partial charge in [-0.2, -0.15) is 0 Å². The Bertz CT molecular complexity index is 259. The fraction of sp³-hybridized carbons (Fsp3) is 0.556. The third-order valence-electron chi connectivity index (χ3n) is 1.83. The molecule has 0 saturated carbocycles. The van der Waals surface area contributed by atoms with Crippen LogP contribution in [0.2, 0.25) is 0 Å². The molecule has 14 heavy (non-hydrogen) atoms. The van der Waals surface area contributed by atoms with E-state index in [-0.39, 0.29) is 5.91 Å². The van der Waals surface area contributed by atoms with Gasteiger partial charge in [0.2, 0.25) is 5.91 Å². The zero-order valence-corrected chi connectivity index (χ0v) is 8.25. The molecule has 1 heterocycles. The van der Waals surface area contributed by atoms with Crippen molar-refractivity contribution in [2.45, 2.75) is 19.4 Å². The van der Waals surface area contributed by atoms with Crippen LogP contribution >= 0.6 is 0 Å². The molecule has 0 aliphatic heterocycles. The van der Waals surface area contributed by atoms with E-state index in [1.54, 1.807) is 13.2 Å². The van der Waals surface area contributed by atoms with Crippen molar-refractivity contribution in [2.24, 2.45) is 0 Å². The second kappa shape index (κ2) is 6.15. The third kappa shape index (κ3) is 4.04. The van der Waals surface area contributed by atoms with Crippen molar-refractivity contribution in [3.8, 4) is 0 Å². The Morgan fingerprint density at radius 2 is 2.50 bits per heavy atom. The van der Waals surface area contributed by atoms with E-state index in [0.29, 0.717) is 13.0 Å². The summed E-state index contributed by atoms with van der Waals surface area (Å²) in [5, 5.41) is 9.31. The van der Waals surface area contributed by atoms with Crippen LogP contribution in [0.5, 0.6) is 0 Å². The summed E-state index contributed by atoms with van der Waals surface area (Å²) in [6.07, 6.45) is 3.00. The van der Waals surface area contributed by atoms with Gasteiger partial charge in [-0.05, 0) is 13.0 Å². The zero-order chi connectivity index (χ0) is 10.2. The van der Waals surface area contributed by atoms with Crippen molar-refractivity contribution >= 4 is 5.91 Å². The smallest absolute Gasteiger partial charge is 0.219 e. The van der Waals surface area contributed by atoms with Crippen molar-refractivity contribution in [3.05, 3.63) is 18.0 Å². The summed E-state index contributed by atoms with van der Waals surface area (Å²) in [4.78, 5) is 10.8. The molecule has 1 aromatic heterocycles. The quantitative estimate of drug-likeness (QED) is 0.643. The molecular weight excluding hydrogens is 182 g/mol. The van der Waals surface area contributed by atoms with Crippen LogP contribution in [0, 0.1) is 0 Å². The summed E-state index contributed by atoms with van der Waals surface area (Å²) in [6.45, 7) is 1.46. The second-order valence-electron chi connectivity index (χ2n) is 2.93. The number of rotatable bonds is 6. The molecule has 0 aliphatic carbocycles. The zero-order valence-electron chi connectivity index (χ0n) is 8.25. The number of nitrogens with zero attached hydrogens (tertiary/aromatic N) is 1. The molecule has 0 unspecified atom stereocenters. The summed E-state index contributed by atoms with van der Waals surface area (Å²) in [5.74, 6) is 0.886. The molecule has 0 aliphatic rings.